The van der Waals surface area contributed by atoms with Crippen molar-refractivity contribution in [2.45, 2.75) is 99.0 Å². The normalized spacial score (nSPS) is 41.0. The first kappa shape index (κ1) is 47.8. The van der Waals surface area contributed by atoms with Crippen molar-refractivity contribution < 1.29 is 190 Å². The Hall–Kier alpha value is 0.800. The topological polar surface area (TPSA) is 356 Å². The molecule has 22 nitrogen and oxygen atoms in total. The molecule has 3 heterocycles. The van der Waals surface area contributed by atoms with Crippen LogP contribution < -0.4 is 104 Å². The zero-order valence-electron chi connectivity index (χ0n) is 25.6. The second kappa shape index (κ2) is 20.1. The Morgan fingerprint density at radius 2 is 1.26 bits per heavy atom. The van der Waals surface area contributed by atoms with Crippen molar-refractivity contribution in [3.05, 3.63) is 0 Å². The van der Waals surface area contributed by atoms with E-state index in [0.29, 0.717) is 0 Å². The van der Waals surface area contributed by atoms with Crippen LogP contribution in [0.25, 0.3) is 0 Å². The number of aliphatic hydroxyl groups is 6. The first-order valence-corrected chi connectivity index (χ1v) is 13.9. The minimum Gasteiger partial charge on any atom is -0.862 e. The van der Waals surface area contributed by atoms with Gasteiger partial charge in [-0.1, -0.05) is 0 Å². The van der Waals surface area contributed by atoms with E-state index in [2.05, 4.69) is 9.18 Å². The third kappa shape index (κ3) is 11.6. The molecule has 0 aromatic carbocycles. The Labute approximate surface area is 332 Å². The second-order valence-corrected chi connectivity index (χ2v) is 10.8. The smallest absolute Gasteiger partial charge is 0.862 e. The summed E-state index contributed by atoms with van der Waals surface area (Å²) in [5.74, 6) is -5.18. The van der Waals surface area contributed by atoms with Gasteiger partial charge in [0.05, 0.1) is 18.5 Å². The van der Waals surface area contributed by atoms with Crippen molar-refractivity contribution >= 4 is 28.2 Å². The summed E-state index contributed by atoms with van der Waals surface area (Å²) >= 11 is 0. The van der Waals surface area contributed by atoms with Gasteiger partial charge in [0.25, 0.3) is 0 Å². The van der Waals surface area contributed by atoms with Gasteiger partial charge in [-0.3, -0.25) is 9.55 Å². The van der Waals surface area contributed by atoms with Crippen LogP contribution in [0.1, 0.15) is 6.92 Å². The number of carboxylic acids is 2. The van der Waals surface area contributed by atoms with Crippen molar-refractivity contribution in [1.82, 2.24) is 0 Å². The van der Waals surface area contributed by atoms with Gasteiger partial charge in [0.15, 0.2) is 18.9 Å². The summed E-state index contributed by atoms with van der Waals surface area (Å²) in [6.07, 6.45) is -30.2. The molecule has 47 heavy (non-hydrogen) atoms. The van der Waals surface area contributed by atoms with E-state index in [0.717, 1.165) is 14.0 Å². The fraction of sp³-hybridized carbons (Fsp3) is 0.857. The fourth-order valence-corrected chi connectivity index (χ4v) is 5.26. The van der Waals surface area contributed by atoms with Gasteiger partial charge >= 0.3 is 99.1 Å². The van der Waals surface area contributed by atoms with E-state index in [1.807, 2.05) is 0 Å². The van der Waals surface area contributed by atoms with E-state index in [1.54, 1.807) is 0 Å². The van der Waals surface area contributed by atoms with Crippen molar-refractivity contribution in [3.63, 3.8) is 0 Å². The maximum Gasteiger partial charge on any atom is 1.00 e. The molecule has 3 fully saturated rings. The molecular weight excluding hydrogens is 703 g/mol. The van der Waals surface area contributed by atoms with Gasteiger partial charge in [0.1, 0.15) is 73.2 Å². The van der Waals surface area contributed by atoms with Crippen LogP contribution in [0.5, 0.6) is 0 Å². The molecule has 0 radical (unpaired) electrons. The zero-order valence-corrected chi connectivity index (χ0v) is 32.4. The number of carbonyl (C=O) groups is 2. The number of carbonyl (C=O) groups excluding carboxylic acids is 2. The number of aliphatic carboxylic acids is 2. The quantitative estimate of drug-likeness (QED) is 0.0448. The maximum absolute atomic E-state index is 12.1. The molecule has 0 bridgehead atoms. The Morgan fingerprint density at radius 1 is 0.745 bits per heavy atom. The number of methoxy groups -OCH3 is 1. The molecule has 0 amide bonds. The van der Waals surface area contributed by atoms with Crippen LogP contribution in [0.15, 0.2) is 4.99 Å². The summed E-state index contributed by atoms with van der Waals surface area (Å²) in [5.41, 5.74) is 0. The van der Waals surface area contributed by atoms with Crippen molar-refractivity contribution in [2.75, 3.05) is 13.7 Å². The minimum absolute atomic E-state index is 0. The van der Waals surface area contributed by atoms with Crippen molar-refractivity contribution in [3.8, 4) is 0 Å². The maximum atomic E-state index is 12.1. The van der Waals surface area contributed by atoms with Gasteiger partial charge in [0.2, 0.25) is 0 Å². The SMILES string of the molecule is CO[C@@H]1O[C@H](C(=O)[O-])[C@@H](O[C@@H]2O[C@H](CO)[C@H](OS(=O)(=O)O)[C@H](O[C@@H]3O[C@H](C(=O)[O-])[C@@H](O)[C@H](O)[C@H]3O)[C@H]2N=C(C)[O-])[C@H](O)[C@H]1O.[Na+].[Na+].[Na+]. The summed E-state index contributed by atoms with van der Waals surface area (Å²) < 4.78 is 68.5. The minimum atomic E-state index is -5.47. The molecule has 0 aromatic rings. The molecule has 15 atom stereocenters. The summed E-state index contributed by atoms with van der Waals surface area (Å²) in [4.78, 5) is 26.9. The first-order valence-electron chi connectivity index (χ1n) is 12.5. The third-order valence-corrected chi connectivity index (χ3v) is 7.22. The van der Waals surface area contributed by atoms with Gasteiger partial charge in [-0.15, -0.1) is 0 Å². The predicted molar refractivity (Wildman–Crippen MR) is 123 cm³/mol. The largest absolute Gasteiger partial charge is 1.00 e. The molecule has 0 aromatic heterocycles. The number of rotatable bonds is 11. The monoisotopic (exact) mass is 733 g/mol. The Kier molecular flexibility index (Phi) is 20.5. The van der Waals surface area contributed by atoms with E-state index in [-0.39, 0.29) is 88.7 Å². The Bertz CT molecular complexity index is 1160. The number of hydrogen-bond donors (Lipinski definition) is 7. The van der Waals surface area contributed by atoms with Crippen molar-refractivity contribution in [2.24, 2.45) is 4.99 Å². The average molecular weight is 733 g/mol. The van der Waals surface area contributed by atoms with E-state index in [1.165, 1.54) is 0 Å². The molecule has 254 valence electrons. The van der Waals surface area contributed by atoms with E-state index in [9.17, 15) is 68.5 Å². The number of aliphatic hydroxyl groups excluding tert-OH is 6. The number of nitrogens with zero attached hydrogens (tertiary/aromatic N) is 1. The van der Waals surface area contributed by atoms with Gasteiger partial charge in [-0.2, -0.15) is 8.42 Å². The van der Waals surface area contributed by atoms with Crippen LogP contribution in [0, 0.1) is 0 Å². The van der Waals surface area contributed by atoms with E-state index >= 15 is 0 Å². The standard InChI is InChI=1S/C21H33NO21S.3Na/c1-4(24)22-6-13(39-21-10(28)7(25)8(26)15(41-21)17(30)31)12(43-44(34,35)36)5(3-23)38-19(6)40-14-9(27)11(29)20(37-2)42-16(14)18(32)33;;;/h5-16,19-21,23,25-29H,3H2,1-2H3,(H,22,24)(H,30,31)(H,32,33)(H,34,35,36);;;/q;3*+1/p-3/t5-,6-,7+,8+,9-,10-,11-,12+,13-,14+,15+,16+,19+,20-,21-;;;/m1.../s1. The number of ether oxygens (including phenoxy) is 6. The van der Waals surface area contributed by atoms with Crippen molar-refractivity contribution in [1.29, 1.82) is 0 Å². The molecule has 0 unspecified atom stereocenters. The van der Waals surface area contributed by atoms with Crippen LogP contribution in [0.3, 0.4) is 0 Å². The Morgan fingerprint density at radius 3 is 1.72 bits per heavy atom. The molecule has 3 aliphatic rings. The molecule has 7 N–H and O–H groups in total. The molecular formula is C21H30NNa3O21S. The molecule has 3 rings (SSSR count). The van der Waals surface area contributed by atoms with Crippen LogP contribution in [0.2, 0.25) is 0 Å². The number of carboxylic acid groups (broad SMARTS) is 2. The first-order chi connectivity index (χ1) is 20.4. The molecule has 0 saturated carbocycles. The van der Waals surface area contributed by atoms with Gasteiger partial charge in [0, 0.05) is 7.11 Å². The molecule has 3 saturated heterocycles. The van der Waals surface area contributed by atoms with E-state index in [4.69, 9.17) is 28.4 Å². The Balaban J connectivity index is 0.00000705. The third-order valence-electron chi connectivity index (χ3n) is 6.75. The predicted octanol–water partition coefficient (Wildman–Crippen LogP) is -18.8. The summed E-state index contributed by atoms with van der Waals surface area (Å²) in [6, 6.07) is -2.07. The molecule has 0 spiro atoms. The van der Waals surface area contributed by atoms with Gasteiger partial charge < -0.3 is 84.0 Å². The van der Waals surface area contributed by atoms with E-state index < -0.39 is 127 Å². The molecule has 0 aliphatic carbocycles. The van der Waals surface area contributed by atoms with Crippen LogP contribution in [0.4, 0.5) is 0 Å². The molecule has 26 heteroatoms. The van der Waals surface area contributed by atoms with Gasteiger partial charge in [-0.25, -0.2) is 4.18 Å². The number of aliphatic imine (C=N–C) groups is 1. The van der Waals surface area contributed by atoms with Crippen LogP contribution in [-0.2, 0) is 52.6 Å². The number of hydrogen-bond acceptors (Lipinski definition) is 21. The summed E-state index contributed by atoms with van der Waals surface area (Å²) in [6.45, 7) is -0.357. The van der Waals surface area contributed by atoms with Gasteiger partial charge in [-0.05, 0) is 12.8 Å². The summed E-state index contributed by atoms with van der Waals surface area (Å²) in [5, 5.41) is 96.8. The second-order valence-electron chi connectivity index (χ2n) is 9.73. The van der Waals surface area contributed by atoms with Crippen LogP contribution >= 0.6 is 0 Å². The molecule has 3 aliphatic heterocycles. The average Bonchev–Trinajstić information content (AvgIpc) is 2.92. The zero-order chi connectivity index (χ0) is 33.3. The summed E-state index contributed by atoms with van der Waals surface area (Å²) in [7, 11) is -4.46. The fourth-order valence-electron chi connectivity index (χ4n) is 4.75. The van der Waals surface area contributed by atoms with Crippen LogP contribution in [-0.4, -0.2) is 167 Å².